The van der Waals surface area contributed by atoms with Gasteiger partial charge in [-0.3, -0.25) is 4.90 Å². The lowest BCUT2D eigenvalue weighted by molar-refractivity contribution is 0.0781. The maximum atomic E-state index is 12.4. The molecule has 8 heteroatoms. The Balaban J connectivity index is 2.10. The van der Waals surface area contributed by atoms with E-state index in [1.807, 2.05) is 75.4 Å². The second-order valence-corrected chi connectivity index (χ2v) is 7.83. The van der Waals surface area contributed by atoms with Gasteiger partial charge in [-0.25, -0.2) is 9.78 Å². The summed E-state index contributed by atoms with van der Waals surface area (Å²) in [7, 11) is 0. The Kier molecular flexibility index (Phi) is 4.34. The smallest absolute Gasteiger partial charge is 0.408 e. The van der Waals surface area contributed by atoms with Crippen LogP contribution in [-0.2, 0) is 0 Å². The van der Waals surface area contributed by atoms with E-state index in [0.29, 0.717) is 17.0 Å². The number of rotatable bonds is 3. The summed E-state index contributed by atoms with van der Waals surface area (Å²) in [5, 5.41) is 15.3. The molecule has 0 fully saturated rings. The molecule has 2 aromatic carbocycles. The van der Waals surface area contributed by atoms with Crippen molar-refractivity contribution >= 4 is 28.6 Å². The van der Waals surface area contributed by atoms with Crippen LogP contribution in [0.2, 0.25) is 0 Å². The van der Waals surface area contributed by atoms with Crippen molar-refractivity contribution in [2.24, 2.45) is 0 Å². The number of amides is 1. The number of para-hydroxylation sites is 1. The lowest BCUT2D eigenvalue weighted by Gasteiger charge is -2.39. The van der Waals surface area contributed by atoms with Crippen molar-refractivity contribution in [1.29, 1.82) is 0 Å². The van der Waals surface area contributed by atoms with Crippen molar-refractivity contribution in [3.63, 3.8) is 0 Å². The number of fused-ring (bicyclic) bond motifs is 3. The first-order chi connectivity index (χ1) is 13.8. The third-order valence-corrected chi connectivity index (χ3v) is 4.77. The maximum Gasteiger partial charge on any atom is 0.408 e. The highest BCUT2D eigenvalue weighted by atomic mass is 16.4. The number of nitrogens with zero attached hydrogens (tertiary/aromatic N) is 5. The molecule has 0 spiro atoms. The Morgan fingerprint density at radius 3 is 2.38 bits per heavy atom. The fourth-order valence-electron chi connectivity index (χ4n) is 3.60. The number of nitrogen functional groups attached to an aromatic ring is 1. The number of carbonyl (C=O) groups is 1. The first-order valence-corrected chi connectivity index (χ1v) is 9.25. The third kappa shape index (κ3) is 3.22. The van der Waals surface area contributed by atoms with E-state index in [2.05, 4.69) is 10.1 Å². The zero-order valence-corrected chi connectivity index (χ0v) is 16.4. The molecule has 0 saturated heterocycles. The van der Waals surface area contributed by atoms with Gasteiger partial charge in [0, 0.05) is 10.9 Å². The molecule has 1 amide bonds. The fourth-order valence-corrected chi connectivity index (χ4v) is 3.60. The highest BCUT2D eigenvalue weighted by molar-refractivity contribution is 5.91. The molecule has 0 bridgehead atoms. The van der Waals surface area contributed by atoms with Gasteiger partial charge in [0.15, 0.2) is 11.5 Å². The van der Waals surface area contributed by atoms with Crippen LogP contribution in [0.15, 0.2) is 54.6 Å². The normalized spacial score (nSPS) is 12.9. The average Bonchev–Trinajstić information content (AvgIpc) is 3.06. The Bertz CT molecular complexity index is 1200. The SMILES string of the molecule is CC(C)(C)N(C(=O)O)[C@H](c1ccccc1)c1nc2ccccc2c2nc(N)nn12. The number of aromatic nitrogens is 4. The predicted octanol–water partition coefficient (Wildman–Crippen LogP) is 3.73. The van der Waals surface area contributed by atoms with E-state index in [0.717, 1.165) is 10.9 Å². The molecule has 0 aliphatic heterocycles. The molecule has 0 unspecified atom stereocenters. The molecule has 2 heterocycles. The van der Waals surface area contributed by atoms with Crippen LogP contribution in [0, 0.1) is 0 Å². The molecule has 4 rings (SSSR count). The Morgan fingerprint density at radius 1 is 1.07 bits per heavy atom. The van der Waals surface area contributed by atoms with E-state index >= 15 is 0 Å². The molecule has 0 radical (unpaired) electrons. The second kappa shape index (κ2) is 6.73. The molecule has 0 aliphatic carbocycles. The summed E-state index contributed by atoms with van der Waals surface area (Å²) >= 11 is 0. The highest BCUT2D eigenvalue weighted by Crippen LogP contribution is 2.34. The van der Waals surface area contributed by atoms with Crippen LogP contribution < -0.4 is 5.73 Å². The Labute approximate surface area is 167 Å². The van der Waals surface area contributed by atoms with E-state index in [9.17, 15) is 9.90 Å². The van der Waals surface area contributed by atoms with Crippen molar-refractivity contribution < 1.29 is 9.90 Å². The number of benzene rings is 2. The molecule has 1 atom stereocenters. The number of hydrogen-bond acceptors (Lipinski definition) is 5. The summed E-state index contributed by atoms with van der Waals surface area (Å²) in [5.74, 6) is 0.542. The van der Waals surface area contributed by atoms with Gasteiger partial charge >= 0.3 is 6.09 Å². The summed E-state index contributed by atoms with van der Waals surface area (Å²) in [6.45, 7) is 5.56. The molecule has 2 aromatic heterocycles. The number of carboxylic acid groups (broad SMARTS) is 1. The third-order valence-electron chi connectivity index (χ3n) is 4.77. The maximum absolute atomic E-state index is 12.4. The largest absolute Gasteiger partial charge is 0.465 e. The van der Waals surface area contributed by atoms with E-state index in [4.69, 9.17) is 10.7 Å². The molecular weight excluding hydrogens is 368 g/mol. The minimum atomic E-state index is -1.05. The molecule has 4 aromatic rings. The molecule has 0 aliphatic rings. The monoisotopic (exact) mass is 390 g/mol. The van der Waals surface area contributed by atoms with Crippen LogP contribution in [0.3, 0.4) is 0 Å². The number of hydrogen-bond donors (Lipinski definition) is 2. The minimum Gasteiger partial charge on any atom is -0.465 e. The minimum absolute atomic E-state index is 0.105. The summed E-state index contributed by atoms with van der Waals surface area (Å²) < 4.78 is 1.55. The Hall–Kier alpha value is -3.68. The van der Waals surface area contributed by atoms with Crippen LogP contribution in [0.1, 0.15) is 38.2 Å². The fraction of sp³-hybridized carbons (Fsp3) is 0.238. The first kappa shape index (κ1) is 18.7. The second-order valence-electron chi connectivity index (χ2n) is 7.83. The quantitative estimate of drug-likeness (QED) is 0.552. The van der Waals surface area contributed by atoms with Gasteiger partial charge in [-0.2, -0.15) is 9.50 Å². The summed E-state index contributed by atoms with van der Waals surface area (Å²) in [4.78, 5) is 22.9. The first-order valence-electron chi connectivity index (χ1n) is 9.25. The van der Waals surface area contributed by atoms with Crippen molar-refractivity contribution in [2.45, 2.75) is 32.4 Å². The summed E-state index contributed by atoms with van der Waals surface area (Å²) in [6, 6.07) is 16.2. The molecule has 148 valence electrons. The van der Waals surface area contributed by atoms with Gasteiger partial charge in [0.25, 0.3) is 0 Å². The van der Waals surface area contributed by atoms with Gasteiger partial charge in [-0.05, 0) is 38.5 Å². The number of nitrogens with two attached hydrogens (primary N) is 1. The predicted molar refractivity (Wildman–Crippen MR) is 111 cm³/mol. The van der Waals surface area contributed by atoms with Gasteiger partial charge in [-0.1, -0.05) is 42.5 Å². The summed E-state index contributed by atoms with van der Waals surface area (Å²) in [5.41, 5.74) is 7.24. The van der Waals surface area contributed by atoms with Crippen LogP contribution in [0.5, 0.6) is 0 Å². The summed E-state index contributed by atoms with van der Waals surface area (Å²) in [6.07, 6.45) is -1.05. The van der Waals surface area contributed by atoms with Crippen molar-refractivity contribution in [3.8, 4) is 0 Å². The zero-order valence-electron chi connectivity index (χ0n) is 16.4. The van der Waals surface area contributed by atoms with E-state index < -0.39 is 17.7 Å². The molecule has 8 nitrogen and oxygen atoms in total. The van der Waals surface area contributed by atoms with Crippen LogP contribution >= 0.6 is 0 Å². The van der Waals surface area contributed by atoms with E-state index in [1.165, 1.54) is 4.90 Å². The van der Waals surface area contributed by atoms with Gasteiger partial charge in [-0.15, -0.1) is 5.10 Å². The van der Waals surface area contributed by atoms with Gasteiger partial charge in [0.1, 0.15) is 6.04 Å². The molecule has 29 heavy (non-hydrogen) atoms. The standard InChI is InChI=1S/C21H22N6O2/c1-21(2,3)26(20(28)29)16(13-9-5-4-6-10-13)18-23-15-12-8-7-11-14(15)17-24-19(22)25-27(17)18/h4-12,16H,1-3H3,(H2,22,25)(H,28,29)/t16-/m1/s1. The molecule has 3 N–H and O–H groups in total. The van der Waals surface area contributed by atoms with Crippen LogP contribution in [0.4, 0.5) is 10.7 Å². The highest BCUT2D eigenvalue weighted by Gasteiger charge is 2.38. The van der Waals surface area contributed by atoms with E-state index in [1.54, 1.807) is 4.52 Å². The number of anilines is 1. The molecule has 0 saturated carbocycles. The topological polar surface area (TPSA) is 110 Å². The van der Waals surface area contributed by atoms with Crippen molar-refractivity contribution in [1.82, 2.24) is 24.5 Å². The average molecular weight is 390 g/mol. The zero-order chi connectivity index (χ0) is 20.8. The lowest BCUT2D eigenvalue weighted by Crippen LogP contribution is -2.48. The van der Waals surface area contributed by atoms with Crippen LogP contribution in [-0.4, -0.2) is 41.2 Å². The van der Waals surface area contributed by atoms with Crippen LogP contribution in [0.25, 0.3) is 16.6 Å². The van der Waals surface area contributed by atoms with Gasteiger partial charge < -0.3 is 10.8 Å². The lowest BCUT2D eigenvalue weighted by atomic mass is 9.97. The van der Waals surface area contributed by atoms with Crippen molar-refractivity contribution in [2.75, 3.05) is 5.73 Å². The van der Waals surface area contributed by atoms with Gasteiger partial charge in [0.05, 0.1) is 5.52 Å². The Morgan fingerprint density at radius 2 is 1.72 bits per heavy atom. The molecular formula is C21H22N6O2. The van der Waals surface area contributed by atoms with Gasteiger partial charge in [0.2, 0.25) is 5.95 Å². The van der Waals surface area contributed by atoms with E-state index in [-0.39, 0.29) is 5.95 Å². The van der Waals surface area contributed by atoms with Crippen molar-refractivity contribution in [3.05, 3.63) is 66.0 Å².